The van der Waals surface area contributed by atoms with Gasteiger partial charge in [0.2, 0.25) is 0 Å². The van der Waals surface area contributed by atoms with Gasteiger partial charge in [0, 0.05) is 17.3 Å². The number of nitrogens with zero attached hydrogens (tertiary/aromatic N) is 1. The lowest BCUT2D eigenvalue weighted by atomic mass is 10.1. The highest BCUT2D eigenvalue weighted by Crippen LogP contribution is 2.40. The number of hydrogen-bond acceptors (Lipinski definition) is 4. The number of rotatable bonds is 5. The van der Waals surface area contributed by atoms with Crippen LogP contribution < -0.4 is 14.4 Å². The molecule has 3 aromatic rings. The van der Waals surface area contributed by atoms with Crippen LogP contribution in [0, 0.1) is 0 Å². The van der Waals surface area contributed by atoms with E-state index < -0.39 is 10.0 Å². The molecule has 5 nitrogen and oxygen atoms in total. The molecule has 4 rings (SSSR count). The summed E-state index contributed by atoms with van der Waals surface area (Å²) in [6.45, 7) is 0.406. The van der Waals surface area contributed by atoms with Crippen LogP contribution >= 0.6 is 11.6 Å². The van der Waals surface area contributed by atoms with Crippen LogP contribution in [0.5, 0.6) is 5.75 Å². The summed E-state index contributed by atoms with van der Waals surface area (Å²) in [7, 11) is -2.13. The van der Waals surface area contributed by atoms with Gasteiger partial charge in [-0.05, 0) is 66.6 Å². The zero-order valence-corrected chi connectivity index (χ0v) is 16.8. The number of anilines is 3. The molecule has 0 unspecified atom stereocenters. The summed E-state index contributed by atoms with van der Waals surface area (Å²) in [5.41, 5.74) is 3.27. The van der Waals surface area contributed by atoms with Gasteiger partial charge in [-0.1, -0.05) is 23.7 Å². The van der Waals surface area contributed by atoms with Crippen molar-refractivity contribution >= 4 is 38.7 Å². The van der Waals surface area contributed by atoms with E-state index in [0.717, 1.165) is 16.9 Å². The van der Waals surface area contributed by atoms with Gasteiger partial charge in [0.25, 0.3) is 10.0 Å². The summed E-state index contributed by atoms with van der Waals surface area (Å²) in [6, 6.07) is 19.5. The maximum absolute atomic E-state index is 13.3. The number of halogens is 1. The normalized spacial score (nSPS) is 13.3. The van der Waals surface area contributed by atoms with Crippen molar-refractivity contribution in [1.82, 2.24) is 0 Å². The third-order valence-electron chi connectivity index (χ3n) is 4.72. The molecule has 7 heteroatoms. The Hall–Kier alpha value is -2.70. The van der Waals surface area contributed by atoms with E-state index in [0.29, 0.717) is 29.4 Å². The smallest absolute Gasteiger partial charge is 0.264 e. The minimum Gasteiger partial charge on any atom is -0.497 e. The molecule has 144 valence electrons. The van der Waals surface area contributed by atoms with Crippen LogP contribution in [0.25, 0.3) is 0 Å². The molecule has 0 atom stereocenters. The van der Waals surface area contributed by atoms with Crippen LogP contribution in [0.4, 0.5) is 17.1 Å². The molecule has 0 bridgehead atoms. The van der Waals surface area contributed by atoms with E-state index in [2.05, 4.69) is 5.32 Å². The van der Waals surface area contributed by atoms with Crippen molar-refractivity contribution in [3.63, 3.8) is 0 Å². The third-order valence-corrected chi connectivity index (χ3v) is 6.79. The van der Waals surface area contributed by atoms with Gasteiger partial charge in [-0.2, -0.15) is 0 Å². The molecule has 28 heavy (non-hydrogen) atoms. The lowest BCUT2D eigenvalue weighted by Gasteiger charge is -2.23. The predicted octanol–water partition coefficient (Wildman–Crippen LogP) is 4.84. The van der Waals surface area contributed by atoms with Crippen molar-refractivity contribution in [3.05, 3.63) is 77.3 Å². The zero-order valence-electron chi connectivity index (χ0n) is 15.2. The first-order valence-corrected chi connectivity index (χ1v) is 10.6. The van der Waals surface area contributed by atoms with Crippen LogP contribution in [-0.2, 0) is 16.4 Å². The fraction of sp³-hybridized carbons (Fsp3) is 0.143. The Labute approximate surface area is 169 Å². The summed E-state index contributed by atoms with van der Waals surface area (Å²) < 4.78 is 33.2. The van der Waals surface area contributed by atoms with Crippen molar-refractivity contribution < 1.29 is 13.2 Å². The Morgan fingerprint density at radius 2 is 1.71 bits per heavy atom. The fourth-order valence-electron chi connectivity index (χ4n) is 3.33. The Morgan fingerprint density at radius 1 is 1.00 bits per heavy atom. The highest BCUT2D eigenvalue weighted by Gasteiger charge is 2.33. The quantitative estimate of drug-likeness (QED) is 0.648. The highest BCUT2D eigenvalue weighted by atomic mass is 35.5. The number of hydrogen-bond donors (Lipinski definition) is 1. The highest BCUT2D eigenvalue weighted by molar-refractivity contribution is 7.92. The first-order valence-electron chi connectivity index (χ1n) is 8.80. The molecule has 0 saturated carbocycles. The van der Waals surface area contributed by atoms with E-state index >= 15 is 0 Å². The predicted molar refractivity (Wildman–Crippen MR) is 112 cm³/mol. The second kappa shape index (κ2) is 7.37. The van der Waals surface area contributed by atoms with E-state index in [1.165, 1.54) is 4.31 Å². The summed E-state index contributed by atoms with van der Waals surface area (Å²) >= 11 is 5.96. The Kier molecular flexibility index (Phi) is 4.91. The Morgan fingerprint density at radius 3 is 2.39 bits per heavy atom. The van der Waals surface area contributed by atoms with Crippen molar-refractivity contribution in [3.8, 4) is 5.75 Å². The van der Waals surface area contributed by atoms with Crippen molar-refractivity contribution in [2.75, 3.05) is 23.3 Å². The number of methoxy groups -OCH3 is 1. The van der Waals surface area contributed by atoms with E-state index in [1.807, 2.05) is 30.3 Å². The van der Waals surface area contributed by atoms with E-state index in [4.69, 9.17) is 16.3 Å². The Bertz CT molecular complexity index is 1100. The van der Waals surface area contributed by atoms with E-state index in [9.17, 15) is 8.42 Å². The van der Waals surface area contributed by atoms with Crippen LogP contribution in [0.15, 0.2) is 71.6 Å². The molecule has 0 amide bonds. The maximum atomic E-state index is 13.3. The fourth-order valence-corrected chi connectivity index (χ4v) is 4.97. The number of fused-ring (bicyclic) bond motifs is 1. The molecule has 1 N–H and O–H groups in total. The van der Waals surface area contributed by atoms with E-state index in [-0.39, 0.29) is 4.90 Å². The van der Waals surface area contributed by atoms with Gasteiger partial charge in [-0.15, -0.1) is 0 Å². The monoisotopic (exact) mass is 414 g/mol. The molecule has 1 heterocycles. The van der Waals surface area contributed by atoms with E-state index in [1.54, 1.807) is 43.5 Å². The second-order valence-corrected chi connectivity index (χ2v) is 8.75. The minimum absolute atomic E-state index is 0.238. The lowest BCUT2D eigenvalue weighted by molar-refractivity contribution is 0.414. The topological polar surface area (TPSA) is 58.6 Å². The lowest BCUT2D eigenvalue weighted by Crippen LogP contribution is -2.29. The number of benzene rings is 3. The van der Waals surface area contributed by atoms with Crippen LogP contribution in [0.1, 0.15) is 5.56 Å². The molecule has 1 aliphatic rings. The van der Waals surface area contributed by atoms with Gasteiger partial charge in [0.15, 0.2) is 0 Å². The average Bonchev–Trinajstić information content (AvgIpc) is 3.16. The first kappa shape index (κ1) is 18.7. The number of sulfonamides is 1. The molecule has 0 fully saturated rings. The van der Waals surface area contributed by atoms with Gasteiger partial charge in [0.05, 0.1) is 23.4 Å². The summed E-state index contributed by atoms with van der Waals surface area (Å²) in [5.74, 6) is 0.617. The van der Waals surface area contributed by atoms with Gasteiger partial charge < -0.3 is 10.1 Å². The molecular formula is C21H19ClN2O3S. The minimum atomic E-state index is -3.68. The van der Waals surface area contributed by atoms with Crippen molar-refractivity contribution in [1.29, 1.82) is 0 Å². The second-order valence-electron chi connectivity index (χ2n) is 6.45. The van der Waals surface area contributed by atoms with Crippen molar-refractivity contribution in [2.45, 2.75) is 11.3 Å². The molecule has 0 radical (unpaired) electrons. The molecule has 3 aromatic carbocycles. The first-order chi connectivity index (χ1) is 13.5. The van der Waals surface area contributed by atoms with Gasteiger partial charge in [-0.25, -0.2) is 8.42 Å². The van der Waals surface area contributed by atoms with Gasteiger partial charge >= 0.3 is 0 Å². The van der Waals surface area contributed by atoms with Crippen molar-refractivity contribution in [2.24, 2.45) is 0 Å². The molecule has 0 aliphatic carbocycles. The van der Waals surface area contributed by atoms with Gasteiger partial charge in [-0.3, -0.25) is 4.31 Å². The zero-order chi connectivity index (χ0) is 19.7. The summed E-state index contributed by atoms with van der Waals surface area (Å²) in [5, 5.41) is 3.96. The van der Waals surface area contributed by atoms with Crippen LogP contribution in [0.2, 0.25) is 5.02 Å². The summed E-state index contributed by atoms with van der Waals surface area (Å²) in [4.78, 5) is 0.238. The van der Waals surface area contributed by atoms with Crippen LogP contribution in [-0.4, -0.2) is 22.1 Å². The average molecular weight is 415 g/mol. The molecule has 1 aliphatic heterocycles. The molecule has 0 spiro atoms. The third kappa shape index (κ3) is 3.41. The van der Waals surface area contributed by atoms with Crippen LogP contribution in [0.3, 0.4) is 0 Å². The molecule has 0 saturated heterocycles. The molecule has 0 aromatic heterocycles. The standard InChI is InChI=1S/C21H19ClN2O3S/c1-27-18-9-11-19(12-10-18)28(25,26)24-14-13-15-3-2-4-20(21(15)24)23-17-7-5-16(22)6-8-17/h2-12,23H,13-14H2,1H3. The maximum Gasteiger partial charge on any atom is 0.264 e. The summed E-state index contributed by atoms with van der Waals surface area (Å²) in [6.07, 6.45) is 0.668. The Balaban J connectivity index is 1.72. The van der Waals surface area contributed by atoms with Gasteiger partial charge in [0.1, 0.15) is 5.75 Å². The number of ether oxygens (including phenoxy) is 1. The number of para-hydroxylation sites is 1. The largest absolute Gasteiger partial charge is 0.497 e. The number of nitrogens with one attached hydrogen (secondary N) is 1. The SMILES string of the molecule is COc1ccc(S(=O)(=O)N2CCc3cccc(Nc4ccc(Cl)cc4)c32)cc1. The molecular weight excluding hydrogens is 396 g/mol.